The topological polar surface area (TPSA) is 58.1 Å². The van der Waals surface area contributed by atoms with Gasteiger partial charge in [-0.1, -0.05) is 18.5 Å². The highest BCUT2D eigenvalue weighted by atomic mass is 35.5. The summed E-state index contributed by atoms with van der Waals surface area (Å²) in [6, 6.07) is 3.36. The van der Waals surface area contributed by atoms with Crippen LogP contribution in [0.1, 0.15) is 23.8 Å². The second kappa shape index (κ2) is 5.63. The largest absolute Gasteiger partial charge is 0.348 e. The average molecular weight is 269 g/mol. The summed E-state index contributed by atoms with van der Waals surface area (Å²) in [4.78, 5) is 14.3. The Morgan fingerprint density at radius 3 is 2.89 bits per heavy atom. The van der Waals surface area contributed by atoms with Crippen molar-refractivity contribution in [3.63, 3.8) is 0 Å². The number of piperidine rings is 1. The van der Waals surface area contributed by atoms with Crippen LogP contribution in [-0.4, -0.2) is 47.2 Å². The lowest BCUT2D eigenvalue weighted by atomic mass is 9.94. The van der Waals surface area contributed by atoms with Crippen LogP contribution in [0.15, 0.2) is 12.1 Å². The van der Waals surface area contributed by atoms with Crippen LogP contribution >= 0.6 is 11.6 Å². The number of hydrogen-bond donors (Lipinski definition) is 1. The summed E-state index contributed by atoms with van der Waals surface area (Å²) in [5.41, 5.74) is 0.311. The summed E-state index contributed by atoms with van der Waals surface area (Å²) in [7, 11) is 2.10. The molecule has 0 bridgehead atoms. The molecular formula is C12H17ClN4O. The molecule has 2 rings (SSSR count). The van der Waals surface area contributed by atoms with Gasteiger partial charge in [0.15, 0.2) is 10.8 Å². The lowest BCUT2D eigenvalue weighted by Crippen LogP contribution is -2.49. The summed E-state index contributed by atoms with van der Waals surface area (Å²) in [6.45, 7) is 4.15. The number of carbonyl (C=O) groups is 1. The van der Waals surface area contributed by atoms with Crippen molar-refractivity contribution in [2.45, 2.75) is 19.4 Å². The fourth-order valence-corrected chi connectivity index (χ4v) is 2.35. The minimum Gasteiger partial charge on any atom is -0.348 e. The molecule has 18 heavy (non-hydrogen) atoms. The summed E-state index contributed by atoms with van der Waals surface area (Å²) in [6.07, 6.45) is 0.963. The fourth-order valence-electron chi connectivity index (χ4n) is 2.25. The first-order chi connectivity index (χ1) is 8.56. The van der Waals surface area contributed by atoms with Gasteiger partial charge in [0.05, 0.1) is 0 Å². The fraction of sp³-hybridized carbons (Fsp3) is 0.583. The zero-order valence-corrected chi connectivity index (χ0v) is 11.3. The number of nitrogens with zero attached hydrogens (tertiary/aromatic N) is 3. The van der Waals surface area contributed by atoms with Gasteiger partial charge in [-0.3, -0.25) is 4.79 Å². The van der Waals surface area contributed by atoms with Gasteiger partial charge in [-0.25, -0.2) is 0 Å². The molecule has 98 valence electrons. The van der Waals surface area contributed by atoms with E-state index in [4.69, 9.17) is 11.6 Å². The average Bonchev–Trinajstić information content (AvgIpc) is 2.33. The molecule has 1 saturated heterocycles. The molecule has 2 atom stereocenters. The summed E-state index contributed by atoms with van der Waals surface area (Å²) < 4.78 is 0. The van der Waals surface area contributed by atoms with Crippen molar-refractivity contribution >= 4 is 17.5 Å². The van der Waals surface area contributed by atoms with Gasteiger partial charge in [0.1, 0.15) is 0 Å². The van der Waals surface area contributed by atoms with Crippen molar-refractivity contribution in [2.24, 2.45) is 5.92 Å². The van der Waals surface area contributed by atoms with Crippen LogP contribution in [0.2, 0.25) is 5.15 Å². The highest BCUT2D eigenvalue weighted by Crippen LogP contribution is 2.15. The Hall–Kier alpha value is -1.20. The maximum atomic E-state index is 12.0. The van der Waals surface area contributed by atoms with E-state index in [1.54, 1.807) is 12.1 Å². The Balaban J connectivity index is 1.97. The molecule has 1 N–H and O–H groups in total. The van der Waals surface area contributed by atoms with Gasteiger partial charge in [-0.15, -0.1) is 10.2 Å². The van der Waals surface area contributed by atoms with Crippen molar-refractivity contribution in [1.82, 2.24) is 20.4 Å². The molecule has 1 fully saturated rings. The van der Waals surface area contributed by atoms with Crippen molar-refractivity contribution in [1.29, 1.82) is 0 Å². The highest BCUT2D eigenvalue weighted by molar-refractivity contribution is 6.29. The molecule has 2 unspecified atom stereocenters. The smallest absolute Gasteiger partial charge is 0.272 e. The van der Waals surface area contributed by atoms with Gasteiger partial charge in [-0.2, -0.15) is 0 Å². The third kappa shape index (κ3) is 3.17. The van der Waals surface area contributed by atoms with Gasteiger partial charge >= 0.3 is 0 Å². The Morgan fingerprint density at radius 2 is 2.28 bits per heavy atom. The standard InChI is InChI=1S/C12H17ClN4O/c1-8-7-17(2)6-5-9(8)14-12(18)10-3-4-11(13)16-15-10/h3-4,8-9H,5-7H2,1-2H3,(H,14,18). The number of carbonyl (C=O) groups excluding carboxylic acids is 1. The molecule has 0 spiro atoms. The van der Waals surface area contributed by atoms with Gasteiger partial charge in [-0.05, 0) is 38.1 Å². The van der Waals surface area contributed by atoms with E-state index in [1.165, 1.54) is 0 Å². The van der Waals surface area contributed by atoms with Crippen LogP contribution in [-0.2, 0) is 0 Å². The molecule has 0 radical (unpaired) electrons. The highest BCUT2D eigenvalue weighted by Gasteiger charge is 2.26. The number of nitrogens with one attached hydrogen (secondary N) is 1. The number of aromatic nitrogens is 2. The number of likely N-dealkylation sites (tertiary alicyclic amines) is 1. The molecule has 1 aromatic heterocycles. The summed E-state index contributed by atoms with van der Waals surface area (Å²) in [5, 5.41) is 10.8. The van der Waals surface area contributed by atoms with Gasteiger partial charge in [0.2, 0.25) is 0 Å². The molecule has 1 aromatic rings. The Bertz CT molecular complexity index is 423. The van der Waals surface area contributed by atoms with Crippen LogP contribution < -0.4 is 5.32 Å². The molecule has 2 heterocycles. The molecule has 6 heteroatoms. The number of amides is 1. The van der Waals surface area contributed by atoms with Crippen molar-refractivity contribution in [3.8, 4) is 0 Å². The zero-order chi connectivity index (χ0) is 13.1. The van der Waals surface area contributed by atoms with Crippen molar-refractivity contribution in [2.75, 3.05) is 20.1 Å². The Labute approximate surface area is 112 Å². The zero-order valence-electron chi connectivity index (χ0n) is 10.6. The second-order valence-corrected chi connectivity index (χ2v) is 5.24. The van der Waals surface area contributed by atoms with Gasteiger partial charge in [0.25, 0.3) is 5.91 Å². The molecule has 1 aliphatic heterocycles. The molecule has 0 aliphatic carbocycles. The number of halogens is 1. The van der Waals surface area contributed by atoms with E-state index in [0.717, 1.165) is 19.5 Å². The maximum absolute atomic E-state index is 12.0. The lowest BCUT2D eigenvalue weighted by Gasteiger charge is -2.35. The van der Waals surface area contributed by atoms with Crippen LogP contribution in [0.5, 0.6) is 0 Å². The molecule has 0 aromatic carbocycles. The molecular weight excluding hydrogens is 252 g/mol. The number of rotatable bonds is 2. The van der Waals surface area contributed by atoms with E-state index in [9.17, 15) is 4.79 Å². The maximum Gasteiger partial charge on any atom is 0.272 e. The van der Waals surface area contributed by atoms with Gasteiger partial charge in [0, 0.05) is 12.6 Å². The molecule has 1 amide bonds. The van der Waals surface area contributed by atoms with Crippen LogP contribution in [0, 0.1) is 5.92 Å². The van der Waals surface area contributed by atoms with E-state index in [-0.39, 0.29) is 11.9 Å². The first kappa shape index (κ1) is 13.2. The number of hydrogen-bond acceptors (Lipinski definition) is 4. The van der Waals surface area contributed by atoms with Crippen LogP contribution in [0.3, 0.4) is 0 Å². The SMILES string of the molecule is CC1CN(C)CCC1NC(=O)c1ccc(Cl)nn1. The summed E-state index contributed by atoms with van der Waals surface area (Å²) >= 11 is 5.64. The predicted octanol–water partition coefficient (Wildman–Crippen LogP) is 1.20. The first-order valence-corrected chi connectivity index (χ1v) is 6.42. The van der Waals surface area contributed by atoms with E-state index in [0.29, 0.717) is 16.8 Å². The molecule has 1 aliphatic rings. The lowest BCUT2D eigenvalue weighted by molar-refractivity contribution is 0.0878. The summed E-state index contributed by atoms with van der Waals surface area (Å²) in [5.74, 6) is 0.258. The monoisotopic (exact) mass is 268 g/mol. The Kier molecular flexibility index (Phi) is 4.14. The quantitative estimate of drug-likeness (QED) is 0.876. The van der Waals surface area contributed by atoms with E-state index in [2.05, 4.69) is 34.4 Å². The normalized spacial score (nSPS) is 24.8. The first-order valence-electron chi connectivity index (χ1n) is 6.05. The minimum absolute atomic E-state index is 0.180. The van der Waals surface area contributed by atoms with E-state index in [1.807, 2.05) is 0 Å². The van der Waals surface area contributed by atoms with Crippen molar-refractivity contribution in [3.05, 3.63) is 23.0 Å². The minimum atomic E-state index is -0.180. The van der Waals surface area contributed by atoms with Gasteiger partial charge < -0.3 is 10.2 Å². The van der Waals surface area contributed by atoms with Crippen molar-refractivity contribution < 1.29 is 4.79 Å². The predicted molar refractivity (Wildman–Crippen MR) is 69.6 cm³/mol. The third-order valence-electron chi connectivity index (χ3n) is 3.29. The Morgan fingerprint density at radius 1 is 1.50 bits per heavy atom. The van der Waals surface area contributed by atoms with Crippen LogP contribution in [0.25, 0.3) is 0 Å². The van der Waals surface area contributed by atoms with E-state index >= 15 is 0 Å². The molecule has 0 saturated carbocycles. The van der Waals surface area contributed by atoms with E-state index < -0.39 is 0 Å². The van der Waals surface area contributed by atoms with Crippen LogP contribution in [0.4, 0.5) is 0 Å². The third-order valence-corrected chi connectivity index (χ3v) is 3.49. The second-order valence-electron chi connectivity index (χ2n) is 4.85. The molecule has 5 nitrogen and oxygen atoms in total.